The van der Waals surface area contributed by atoms with Crippen LogP contribution in [0.1, 0.15) is 18.9 Å². The normalized spacial score (nSPS) is 16.8. The third kappa shape index (κ3) is 6.17. The zero-order chi connectivity index (χ0) is 18.4. The van der Waals surface area contributed by atoms with Crippen molar-refractivity contribution in [1.82, 2.24) is 20.6 Å². The van der Waals surface area contributed by atoms with Gasteiger partial charge in [-0.05, 0) is 37.1 Å². The van der Waals surface area contributed by atoms with E-state index in [1.807, 2.05) is 17.9 Å². The van der Waals surface area contributed by atoms with E-state index in [1.165, 1.54) is 6.07 Å². The Morgan fingerprint density at radius 3 is 2.93 bits per heavy atom. The van der Waals surface area contributed by atoms with Crippen molar-refractivity contribution in [1.29, 1.82) is 0 Å². The van der Waals surface area contributed by atoms with Crippen LogP contribution in [-0.2, 0) is 6.54 Å². The molecular weight excluding hydrogens is 482 g/mol. The van der Waals surface area contributed by atoms with E-state index >= 15 is 0 Å². The Bertz CT molecular complexity index is 758. The molecule has 2 aromatic heterocycles. The zero-order valence-corrected chi connectivity index (χ0v) is 18.1. The summed E-state index contributed by atoms with van der Waals surface area (Å²) in [5, 5.41) is 7.13. The van der Waals surface area contributed by atoms with E-state index in [9.17, 15) is 4.39 Å². The molecule has 146 valence electrons. The fraction of sp³-hybridized carbons (Fsp3) is 0.389. The van der Waals surface area contributed by atoms with Gasteiger partial charge in [0.1, 0.15) is 5.15 Å². The number of hydrogen-bond donors (Lipinski definition) is 2. The zero-order valence-electron chi connectivity index (χ0n) is 15.0. The molecule has 27 heavy (non-hydrogen) atoms. The minimum atomic E-state index is -0.288. The summed E-state index contributed by atoms with van der Waals surface area (Å²) in [5.41, 5.74) is 0.982. The third-order valence-electron chi connectivity index (χ3n) is 4.12. The molecule has 0 aliphatic carbocycles. The van der Waals surface area contributed by atoms with E-state index in [1.54, 1.807) is 24.5 Å². The summed E-state index contributed by atoms with van der Waals surface area (Å²) in [4.78, 5) is 14.8. The summed E-state index contributed by atoms with van der Waals surface area (Å²) >= 11 is 5.80. The van der Waals surface area contributed by atoms with Crippen LogP contribution in [-0.4, -0.2) is 41.6 Å². The molecule has 9 heteroatoms. The lowest BCUT2D eigenvalue weighted by molar-refractivity contribution is 0.612. The highest BCUT2D eigenvalue weighted by atomic mass is 127. The topological polar surface area (TPSA) is 65.4 Å². The van der Waals surface area contributed by atoms with Gasteiger partial charge in [-0.2, -0.15) is 0 Å². The van der Waals surface area contributed by atoms with E-state index in [-0.39, 0.29) is 35.8 Å². The molecule has 1 unspecified atom stereocenters. The van der Waals surface area contributed by atoms with Gasteiger partial charge in [0.2, 0.25) is 0 Å². The number of guanidine groups is 1. The fourth-order valence-corrected chi connectivity index (χ4v) is 2.98. The first kappa shape index (κ1) is 21.6. The van der Waals surface area contributed by atoms with Gasteiger partial charge in [-0.1, -0.05) is 17.7 Å². The van der Waals surface area contributed by atoms with Gasteiger partial charge < -0.3 is 15.5 Å². The maximum absolute atomic E-state index is 13.9. The SMILES string of the molecule is CCNC(=NCc1ccc(Cl)nc1)NC1CCN(c2ncccc2F)C1.I. The number of hydrogen-bond acceptors (Lipinski definition) is 4. The number of aliphatic imine (C=N–C) groups is 1. The molecular formula is C18H23ClFIN6. The van der Waals surface area contributed by atoms with Crippen LogP contribution >= 0.6 is 35.6 Å². The first-order chi connectivity index (χ1) is 12.7. The van der Waals surface area contributed by atoms with Crippen LogP contribution in [0.15, 0.2) is 41.7 Å². The predicted octanol–water partition coefficient (Wildman–Crippen LogP) is 3.22. The lowest BCUT2D eigenvalue weighted by atomic mass is 10.2. The van der Waals surface area contributed by atoms with E-state index in [0.29, 0.717) is 24.1 Å². The van der Waals surface area contributed by atoms with Crippen LogP contribution in [0.3, 0.4) is 0 Å². The summed E-state index contributed by atoms with van der Waals surface area (Å²) in [6.07, 6.45) is 4.23. The van der Waals surface area contributed by atoms with E-state index < -0.39 is 0 Å². The molecule has 1 fully saturated rings. The van der Waals surface area contributed by atoms with Gasteiger partial charge in [-0.3, -0.25) is 0 Å². The van der Waals surface area contributed by atoms with Gasteiger partial charge in [0, 0.05) is 38.1 Å². The molecule has 3 rings (SSSR count). The predicted molar refractivity (Wildman–Crippen MR) is 117 cm³/mol. The second kappa shape index (κ2) is 10.6. The average molecular weight is 505 g/mol. The van der Waals surface area contributed by atoms with Crippen LogP contribution in [0.4, 0.5) is 10.2 Å². The number of anilines is 1. The Morgan fingerprint density at radius 2 is 2.22 bits per heavy atom. The first-order valence-corrected chi connectivity index (χ1v) is 9.04. The fourth-order valence-electron chi connectivity index (χ4n) is 2.86. The molecule has 0 amide bonds. The molecule has 0 saturated carbocycles. The van der Waals surface area contributed by atoms with E-state index in [0.717, 1.165) is 31.0 Å². The summed E-state index contributed by atoms with van der Waals surface area (Å²) < 4.78 is 13.9. The highest BCUT2D eigenvalue weighted by molar-refractivity contribution is 14.0. The highest BCUT2D eigenvalue weighted by Gasteiger charge is 2.25. The Balaban J connectivity index is 0.00000261. The van der Waals surface area contributed by atoms with E-state index in [2.05, 4.69) is 25.6 Å². The molecule has 0 radical (unpaired) electrons. The van der Waals surface area contributed by atoms with Gasteiger partial charge in [-0.15, -0.1) is 24.0 Å². The highest BCUT2D eigenvalue weighted by Crippen LogP contribution is 2.20. The van der Waals surface area contributed by atoms with Crippen LogP contribution in [0.25, 0.3) is 0 Å². The Labute approximate surface area is 180 Å². The average Bonchev–Trinajstić information content (AvgIpc) is 3.10. The van der Waals surface area contributed by atoms with Crippen molar-refractivity contribution in [3.8, 4) is 0 Å². The van der Waals surface area contributed by atoms with Crippen molar-refractivity contribution >= 4 is 47.4 Å². The largest absolute Gasteiger partial charge is 0.357 e. The molecule has 6 nitrogen and oxygen atoms in total. The van der Waals surface area contributed by atoms with Crippen molar-refractivity contribution in [2.45, 2.75) is 25.9 Å². The molecule has 1 aliphatic rings. The Morgan fingerprint density at radius 1 is 1.37 bits per heavy atom. The quantitative estimate of drug-likeness (QED) is 0.283. The number of nitrogens with one attached hydrogen (secondary N) is 2. The van der Waals surface area contributed by atoms with Crippen molar-refractivity contribution < 1.29 is 4.39 Å². The molecule has 2 aromatic rings. The molecule has 1 aliphatic heterocycles. The van der Waals surface area contributed by atoms with Gasteiger partial charge >= 0.3 is 0 Å². The van der Waals surface area contributed by atoms with Gasteiger partial charge in [0.05, 0.1) is 6.54 Å². The molecule has 1 atom stereocenters. The lowest BCUT2D eigenvalue weighted by Crippen LogP contribution is -2.44. The van der Waals surface area contributed by atoms with Crippen molar-refractivity contribution in [3.05, 3.63) is 53.2 Å². The molecule has 0 bridgehead atoms. The van der Waals surface area contributed by atoms with Gasteiger partial charge in [0.25, 0.3) is 0 Å². The Hall–Kier alpha value is -1.68. The van der Waals surface area contributed by atoms with Crippen LogP contribution in [0, 0.1) is 5.82 Å². The lowest BCUT2D eigenvalue weighted by Gasteiger charge is -2.19. The third-order valence-corrected chi connectivity index (χ3v) is 4.34. The summed E-state index contributed by atoms with van der Waals surface area (Å²) in [5.74, 6) is 0.853. The number of halogens is 3. The minimum absolute atomic E-state index is 0. The Kier molecular flexibility index (Phi) is 8.49. The maximum atomic E-state index is 13.9. The van der Waals surface area contributed by atoms with Crippen LogP contribution in [0.5, 0.6) is 0 Å². The molecule has 3 heterocycles. The first-order valence-electron chi connectivity index (χ1n) is 8.66. The molecule has 1 saturated heterocycles. The number of nitrogens with zero attached hydrogens (tertiary/aromatic N) is 4. The number of aromatic nitrogens is 2. The molecule has 0 spiro atoms. The number of rotatable bonds is 5. The molecule has 0 aromatic carbocycles. The second-order valence-electron chi connectivity index (χ2n) is 6.07. The van der Waals surface area contributed by atoms with E-state index in [4.69, 9.17) is 11.6 Å². The summed E-state index contributed by atoms with van der Waals surface area (Å²) in [7, 11) is 0. The minimum Gasteiger partial charge on any atom is -0.357 e. The van der Waals surface area contributed by atoms with Gasteiger partial charge in [-0.25, -0.2) is 19.4 Å². The molecule has 2 N–H and O–H groups in total. The number of pyridine rings is 2. The monoisotopic (exact) mass is 504 g/mol. The second-order valence-corrected chi connectivity index (χ2v) is 6.46. The smallest absolute Gasteiger partial charge is 0.191 e. The maximum Gasteiger partial charge on any atom is 0.191 e. The van der Waals surface area contributed by atoms with Crippen molar-refractivity contribution in [3.63, 3.8) is 0 Å². The van der Waals surface area contributed by atoms with Crippen LogP contribution in [0.2, 0.25) is 5.15 Å². The van der Waals surface area contributed by atoms with Crippen molar-refractivity contribution in [2.24, 2.45) is 4.99 Å². The van der Waals surface area contributed by atoms with Gasteiger partial charge in [0.15, 0.2) is 17.6 Å². The van der Waals surface area contributed by atoms with Crippen LogP contribution < -0.4 is 15.5 Å². The summed E-state index contributed by atoms with van der Waals surface area (Å²) in [6.45, 7) is 4.72. The van der Waals surface area contributed by atoms with Crippen molar-refractivity contribution in [2.75, 3.05) is 24.5 Å². The standard InChI is InChI=1S/C18H22ClFN6.HI/c1-2-21-18(24-11-13-5-6-16(19)23-10-13)25-14-7-9-26(12-14)17-15(20)4-3-8-22-17;/h3-6,8,10,14H,2,7,9,11-12H2,1H3,(H2,21,24,25);1H. The summed E-state index contributed by atoms with van der Waals surface area (Å²) in [6, 6.07) is 6.88.